The monoisotopic (exact) mass is 234 g/mol. The van der Waals surface area contributed by atoms with Gasteiger partial charge >= 0.3 is 0 Å². The molecule has 4 N–H and O–H groups in total. The van der Waals surface area contributed by atoms with Gasteiger partial charge in [-0.15, -0.1) is 0 Å². The van der Waals surface area contributed by atoms with Crippen molar-refractivity contribution >= 4 is 12.0 Å². The summed E-state index contributed by atoms with van der Waals surface area (Å²) in [7, 11) is 0. The van der Waals surface area contributed by atoms with E-state index in [0.717, 1.165) is 18.4 Å². The number of phenolic OH excluding ortho intramolecular Hbond substituents is 1. The largest absolute Gasteiger partial charge is 0.508 e. The highest BCUT2D eigenvalue weighted by molar-refractivity contribution is 5.91. The summed E-state index contributed by atoms with van der Waals surface area (Å²) in [5, 5.41) is 11.9. The summed E-state index contributed by atoms with van der Waals surface area (Å²) in [6.07, 6.45) is 5.00. The molecule has 0 unspecified atom stereocenters. The molecular formula is C13H18N2O2. The van der Waals surface area contributed by atoms with Crippen LogP contribution in [-0.2, 0) is 4.79 Å². The van der Waals surface area contributed by atoms with Crippen molar-refractivity contribution in [1.82, 2.24) is 5.32 Å². The van der Waals surface area contributed by atoms with Crippen molar-refractivity contribution in [2.75, 3.05) is 13.1 Å². The van der Waals surface area contributed by atoms with E-state index in [9.17, 15) is 4.79 Å². The Morgan fingerprint density at radius 2 is 2.00 bits per heavy atom. The Balaban J connectivity index is 2.32. The van der Waals surface area contributed by atoms with Crippen LogP contribution < -0.4 is 11.1 Å². The molecule has 0 aliphatic rings. The van der Waals surface area contributed by atoms with Crippen molar-refractivity contribution < 1.29 is 9.90 Å². The molecule has 1 aromatic carbocycles. The lowest BCUT2D eigenvalue weighted by Gasteiger charge is -2.00. The number of carbonyl (C=O) groups is 1. The number of hydrogen-bond acceptors (Lipinski definition) is 3. The van der Waals surface area contributed by atoms with Crippen LogP contribution in [0.15, 0.2) is 30.3 Å². The minimum atomic E-state index is -0.116. The first-order chi connectivity index (χ1) is 8.22. The highest BCUT2D eigenvalue weighted by Crippen LogP contribution is 2.10. The summed E-state index contributed by atoms with van der Waals surface area (Å²) in [5.74, 6) is 0.100. The van der Waals surface area contributed by atoms with Crippen LogP contribution in [0.1, 0.15) is 18.4 Å². The first-order valence-electron chi connectivity index (χ1n) is 5.67. The number of carbonyl (C=O) groups excluding carboxylic acids is 1. The van der Waals surface area contributed by atoms with Crippen molar-refractivity contribution in [2.45, 2.75) is 12.8 Å². The van der Waals surface area contributed by atoms with Gasteiger partial charge in [-0.1, -0.05) is 12.1 Å². The van der Waals surface area contributed by atoms with Crippen LogP contribution in [-0.4, -0.2) is 24.1 Å². The normalized spacial score (nSPS) is 10.6. The Labute approximate surface area is 101 Å². The summed E-state index contributed by atoms with van der Waals surface area (Å²) in [6.45, 7) is 1.30. The topological polar surface area (TPSA) is 75.3 Å². The number of amides is 1. The average Bonchev–Trinajstić information content (AvgIpc) is 2.34. The minimum absolute atomic E-state index is 0.116. The predicted molar refractivity (Wildman–Crippen MR) is 68.4 cm³/mol. The van der Waals surface area contributed by atoms with Gasteiger partial charge in [-0.25, -0.2) is 0 Å². The van der Waals surface area contributed by atoms with Gasteiger partial charge < -0.3 is 16.2 Å². The van der Waals surface area contributed by atoms with Crippen molar-refractivity contribution in [3.63, 3.8) is 0 Å². The van der Waals surface area contributed by atoms with Crippen molar-refractivity contribution in [3.05, 3.63) is 35.9 Å². The summed E-state index contributed by atoms with van der Waals surface area (Å²) in [4.78, 5) is 11.4. The lowest BCUT2D eigenvalue weighted by atomic mass is 10.2. The van der Waals surface area contributed by atoms with Gasteiger partial charge in [0, 0.05) is 12.6 Å². The second-order valence-corrected chi connectivity index (χ2v) is 3.71. The predicted octanol–water partition coefficient (Wildman–Crippen LogP) is 1.26. The fourth-order valence-electron chi connectivity index (χ4n) is 1.30. The Kier molecular flexibility index (Phi) is 5.82. The fraction of sp³-hybridized carbons (Fsp3) is 0.308. The molecule has 1 rings (SSSR count). The van der Waals surface area contributed by atoms with Gasteiger partial charge in [-0.05, 0) is 43.2 Å². The highest BCUT2D eigenvalue weighted by Gasteiger charge is 1.94. The van der Waals surface area contributed by atoms with Gasteiger partial charge in [0.05, 0.1) is 0 Å². The van der Waals surface area contributed by atoms with Crippen LogP contribution >= 0.6 is 0 Å². The lowest BCUT2D eigenvalue weighted by Crippen LogP contribution is -2.22. The molecule has 0 radical (unpaired) electrons. The second kappa shape index (κ2) is 7.46. The minimum Gasteiger partial charge on any atom is -0.508 e. The average molecular weight is 234 g/mol. The zero-order valence-corrected chi connectivity index (χ0v) is 9.73. The molecule has 4 heteroatoms. The number of aromatic hydroxyl groups is 1. The number of phenols is 1. The molecule has 0 spiro atoms. The Morgan fingerprint density at radius 1 is 1.29 bits per heavy atom. The molecule has 1 aromatic rings. The maximum Gasteiger partial charge on any atom is 0.243 e. The van der Waals surface area contributed by atoms with Crippen molar-refractivity contribution in [1.29, 1.82) is 0 Å². The van der Waals surface area contributed by atoms with Crippen LogP contribution in [0.3, 0.4) is 0 Å². The fourth-order valence-corrected chi connectivity index (χ4v) is 1.30. The van der Waals surface area contributed by atoms with E-state index in [0.29, 0.717) is 13.1 Å². The third-order valence-corrected chi connectivity index (χ3v) is 2.25. The number of unbranched alkanes of at least 4 members (excludes halogenated alkanes) is 1. The molecule has 0 aliphatic heterocycles. The third-order valence-electron chi connectivity index (χ3n) is 2.25. The number of hydrogen-bond donors (Lipinski definition) is 3. The molecular weight excluding hydrogens is 216 g/mol. The summed E-state index contributed by atoms with van der Waals surface area (Å²) >= 11 is 0. The van der Waals surface area contributed by atoms with Gasteiger partial charge in [-0.3, -0.25) is 4.79 Å². The van der Waals surface area contributed by atoms with Crippen LogP contribution in [0.2, 0.25) is 0 Å². The van der Waals surface area contributed by atoms with Gasteiger partial charge in [-0.2, -0.15) is 0 Å². The SMILES string of the molecule is NCCCCNC(=O)/C=C\c1ccc(O)cc1. The quantitative estimate of drug-likeness (QED) is 0.512. The van der Waals surface area contributed by atoms with Gasteiger partial charge in [0.2, 0.25) is 5.91 Å². The van der Waals surface area contributed by atoms with E-state index < -0.39 is 0 Å². The Hall–Kier alpha value is -1.81. The first-order valence-corrected chi connectivity index (χ1v) is 5.67. The van der Waals surface area contributed by atoms with E-state index in [1.807, 2.05) is 0 Å². The van der Waals surface area contributed by atoms with Crippen LogP contribution in [0, 0.1) is 0 Å². The second-order valence-electron chi connectivity index (χ2n) is 3.71. The standard InChI is InChI=1S/C13H18N2O2/c14-9-1-2-10-15-13(17)8-5-11-3-6-12(16)7-4-11/h3-8,16H,1-2,9-10,14H2,(H,15,17)/b8-5-. The summed E-state index contributed by atoms with van der Waals surface area (Å²) < 4.78 is 0. The first kappa shape index (κ1) is 13.3. The van der Waals surface area contributed by atoms with Crippen LogP contribution in [0.4, 0.5) is 0 Å². The number of benzene rings is 1. The highest BCUT2D eigenvalue weighted by atomic mass is 16.3. The van der Waals surface area contributed by atoms with E-state index in [4.69, 9.17) is 10.8 Å². The molecule has 0 bridgehead atoms. The molecule has 17 heavy (non-hydrogen) atoms. The van der Waals surface area contributed by atoms with Crippen LogP contribution in [0.25, 0.3) is 6.08 Å². The van der Waals surface area contributed by atoms with E-state index in [1.165, 1.54) is 6.08 Å². The lowest BCUT2D eigenvalue weighted by molar-refractivity contribution is -0.116. The van der Waals surface area contributed by atoms with E-state index in [-0.39, 0.29) is 11.7 Å². The molecule has 92 valence electrons. The van der Waals surface area contributed by atoms with Gasteiger partial charge in [0.25, 0.3) is 0 Å². The van der Waals surface area contributed by atoms with E-state index >= 15 is 0 Å². The summed E-state index contributed by atoms with van der Waals surface area (Å²) in [6, 6.07) is 6.65. The maximum absolute atomic E-state index is 11.4. The molecule has 0 heterocycles. The molecule has 4 nitrogen and oxygen atoms in total. The molecule has 0 aliphatic carbocycles. The molecule has 0 fully saturated rings. The van der Waals surface area contributed by atoms with E-state index in [2.05, 4.69) is 5.32 Å². The smallest absolute Gasteiger partial charge is 0.243 e. The van der Waals surface area contributed by atoms with Gasteiger partial charge in [0.1, 0.15) is 5.75 Å². The zero-order valence-electron chi connectivity index (χ0n) is 9.73. The van der Waals surface area contributed by atoms with E-state index in [1.54, 1.807) is 30.3 Å². The number of nitrogens with one attached hydrogen (secondary N) is 1. The molecule has 0 atom stereocenters. The Morgan fingerprint density at radius 3 is 2.65 bits per heavy atom. The molecule has 0 aromatic heterocycles. The third kappa shape index (κ3) is 5.73. The molecule has 0 saturated carbocycles. The van der Waals surface area contributed by atoms with Crippen molar-refractivity contribution in [2.24, 2.45) is 5.73 Å². The van der Waals surface area contributed by atoms with Crippen LogP contribution in [0.5, 0.6) is 5.75 Å². The molecule has 0 saturated heterocycles. The number of rotatable bonds is 6. The number of nitrogens with two attached hydrogens (primary N) is 1. The molecule has 1 amide bonds. The van der Waals surface area contributed by atoms with Crippen molar-refractivity contribution in [3.8, 4) is 5.75 Å². The van der Waals surface area contributed by atoms with Gasteiger partial charge in [0.15, 0.2) is 0 Å². The maximum atomic E-state index is 11.4. The Bertz CT molecular complexity index is 372. The summed E-state index contributed by atoms with van der Waals surface area (Å²) in [5.41, 5.74) is 6.22. The zero-order chi connectivity index (χ0) is 12.5.